The van der Waals surface area contributed by atoms with Gasteiger partial charge in [0.05, 0.1) is 17.1 Å². The average molecular weight is 298 g/mol. The molecular weight excluding hydrogens is 283 g/mol. The first kappa shape index (κ1) is 14.5. The minimum atomic E-state index is -4.01. The van der Waals surface area contributed by atoms with Crippen LogP contribution < -0.4 is 10.5 Å². The standard InChI is InChI=1S/C12H15FN4O2S/c1-7-12(8(2)16-15-7)17-20(18,19)11-4-3-9(6-14)5-10(11)13/h3-5,17H,6,14H2,1-2H3,(H,15,16). The molecule has 1 aromatic carbocycles. The Kier molecular flexibility index (Phi) is 3.78. The van der Waals surface area contributed by atoms with Gasteiger partial charge in [-0.25, -0.2) is 12.8 Å². The number of nitrogens with zero attached hydrogens (tertiary/aromatic N) is 1. The molecule has 0 aliphatic heterocycles. The number of sulfonamides is 1. The van der Waals surface area contributed by atoms with Crippen molar-refractivity contribution in [2.45, 2.75) is 25.3 Å². The van der Waals surface area contributed by atoms with Gasteiger partial charge >= 0.3 is 0 Å². The predicted octanol–water partition coefficient (Wildman–Crippen LogP) is 1.43. The van der Waals surface area contributed by atoms with Gasteiger partial charge in [-0.15, -0.1) is 0 Å². The van der Waals surface area contributed by atoms with Gasteiger partial charge in [-0.05, 0) is 31.5 Å². The zero-order valence-electron chi connectivity index (χ0n) is 11.1. The number of aryl methyl sites for hydroxylation is 2. The maximum Gasteiger partial charge on any atom is 0.264 e. The van der Waals surface area contributed by atoms with Crippen LogP contribution in [-0.2, 0) is 16.6 Å². The van der Waals surface area contributed by atoms with Crippen LogP contribution in [0.2, 0.25) is 0 Å². The normalized spacial score (nSPS) is 11.6. The Balaban J connectivity index is 2.41. The van der Waals surface area contributed by atoms with Gasteiger partial charge in [0.25, 0.3) is 10.0 Å². The Morgan fingerprint density at radius 3 is 2.60 bits per heavy atom. The van der Waals surface area contributed by atoms with Crippen LogP contribution in [0.1, 0.15) is 17.0 Å². The molecule has 2 aromatic rings. The van der Waals surface area contributed by atoms with Crippen molar-refractivity contribution < 1.29 is 12.8 Å². The molecule has 0 spiro atoms. The Hall–Kier alpha value is -1.93. The second kappa shape index (κ2) is 5.22. The molecular formula is C12H15FN4O2S. The maximum absolute atomic E-state index is 13.9. The lowest BCUT2D eigenvalue weighted by atomic mass is 10.2. The maximum atomic E-state index is 13.9. The van der Waals surface area contributed by atoms with E-state index in [0.717, 1.165) is 6.07 Å². The van der Waals surface area contributed by atoms with E-state index in [4.69, 9.17) is 5.73 Å². The summed E-state index contributed by atoms with van der Waals surface area (Å²) >= 11 is 0. The van der Waals surface area contributed by atoms with Gasteiger partial charge in [-0.3, -0.25) is 9.82 Å². The van der Waals surface area contributed by atoms with Crippen LogP contribution in [0, 0.1) is 19.7 Å². The molecule has 8 heteroatoms. The van der Waals surface area contributed by atoms with E-state index in [0.29, 0.717) is 22.6 Å². The first-order chi connectivity index (χ1) is 9.35. The number of aromatic amines is 1. The van der Waals surface area contributed by atoms with Crippen molar-refractivity contribution in [3.05, 3.63) is 41.0 Å². The first-order valence-electron chi connectivity index (χ1n) is 5.88. The number of halogens is 1. The number of aromatic nitrogens is 2. The molecule has 2 rings (SSSR count). The summed E-state index contributed by atoms with van der Waals surface area (Å²) in [6, 6.07) is 3.79. The lowest BCUT2D eigenvalue weighted by Gasteiger charge is -2.09. The second-order valence-electron chi connectivity index (χ2n) is 4.38. The molecule has 0 atom stereocenters. The van der Waals surface area contributed by atoms with E-state index in [1.807, 2.05) is 0 Å². The molecule has 0 unspecified atom stereocenters. The third-order valence-corrected chi connectivity index (χ3v) is 4.27. The van der Waals surface area contributed by atoms with Crippen molar-refractivity contribution in [3.8, 4) is 0 Å². The summed E-state index contributed by atoms with van der Waals surface area (Å²) in [4.78, 5) is -0.422. The van der Waals surface area contributed by atoms with Crippen LogP contribution in [0.15, 0.2) is 23.1 Å². The number of benzene rings is 1. The summed E-state index contributed by atoms with van der Waals surface area (Å²) in [5.41, 5.74) is 7.29. The molecule has 108 valence electrons. The quantitative estimate of drug-likeness (QED) is 0.794. The zero-order valence-corrected chi connectivity index (χ0v) is 11.9. The highest BCUT2D eigenvalue weighted by Crippen LogP contribution is 2.23. The van der Waals surface area contributed by atoms with E-state index in [9.17, 15) is 12.8 Å². The molecule has 4 N–H and O–H groups in total. The zero-order chi connectivity index (χ0) is 14.9. The van der Waals surface area contributed by atoms with Gasteiger partial charge in [-0.2, -0.15) is 5.10 Å². The van der Waals surface area contributed by atoms with Crippen LogP contribution in [0.4, 0.5) is 10.1 Å². The molecule has 0 fully saturated rings. The van der Waals surface area contributed by atoms with Crippen molar-refractivity contribution in [1.29, 1.82) is 0 Å². The van der Waals surface area contributed by atoms with Crippen LogP contribution in [-0.4, -0.2) is 18.6 Å². The molecule has 20 heavy (non-hydrogen) atoms. The van der Waals surface area contributed by atoms with Gasteiger partial charge in [0, 0.05) is 6.54 Å². The highest BCUT2D eigenvalue weighted by Gasteiger charge is 2.21. The minimum Gasteiger partial charge on any atom is -0.326 e. The fourth-order valence-corrected chi connectivity index (χ4v) is 3.02. The van der Waals surface area contributed by atoms with Crippen LogP contribution in [0.3, 0.4) is 0 Å². The van der Waals surface area contributed by atoms with Gasteiger partial charge in [-0.1, -0.05) is 6.07 Å². The molecule has 0 aliphatic rings. The van der Waals surface area contributed by atoms with Crippen LogP contribution >= 0.6 is 0 Å². The largest absolute Gasteiger partial charge is 0.326 e. The van der Waals surface area contributed by atoms with Crippen molar-refractivity contribution in [2.24, 2.45) is 5.73 Å². The third kappa shape index (κ3) is 2.66. The van der Waals surface area contributed by atoms with Crippen molar-refractivity contribution in [2.75, 3.05) is 4.72 Å². The summed E-state index contributed by atoms with van der Waals surface area (Å²) in [7, 11) is -4.01. The van der Waals surface area contributed by atoms with E-state index in [1.165, 1.54) is 12.1 Å². The number of rotatable bonds is 4. The molecule has 1 aromatic heterocycles. The molecule has 0 amide bonds. The molecule has 0 radical (unpaired) electrons. The fraction of sp³-hybridized carbons (Fsp3) is 0.250. The Labute approximate surface area is 116 Å². The Morgan fingerprint density at radius 2 is 2.10 bits per heavy atom. The smallest absolute Gasteiger partial charge is 0.264 e. The summed E-state index contributed by atoms with van der Waals surface area (Å²) in [6.07, 6.45) is 0. The fourth-order valence-electron chi connectivity index (χ4n) is 1.78. The van der Waals surface area contributed by atoms with Gasteiger partial charge in [0.2, 0.25) is 0 Å². The SMILES string of the molecule is Cc1n[nH]c(C)c1NS(=O)(=O)c1ccc(CN)cc1F. The molecule has 1 heterocycles. The van der Waals surface area contributed by atoms with E-state index in [2.05, 4.69) is 14.9 Å². The molecule has 0 bridgehead atoms. The third-order valence-electron chi connectivity index (χ3n) is 2.89. The molecule has 6 nitrogen and oxygen atoms in total. The number of nitrogens with one attached hydrogen (secondary N) is 2. The second-order valence-corrected chi connectivity index (χ2v) is 6.03. The highest BCUT2D eigenvalue weighted by molar-refractivity contribution is 7.92. The van der Waals surface area contributed by atoms with Crippen molar-refractivity contribution >= 4 is 15.7 Å². The molecule has 0 saturated heterocycles. The number of nitrogens with two attached hydrogens (primary N) is 1. The first-order valence-corrected chi connectivity index (χ1v) is 7.36. The summed E-state index contributed by atoms with van der Waals surface area (Å²) < 4.78 is 40.6. The predicted molar refractivity (Wildman–Crippen MR) is 73.2 cm³/mol. The van der Waals surface area contributed by atoms with Crippen LogP contribution in [0.25, 0.3) is 0 Å². The molecule has 0 aliphatic carbocycles. The van der Waals surface area contributed by atoms with E-state index >= 15 is 0 Å². The average Bonchev–Trinajstić information content (AvgIpc) is 2.69. The van der Waals surface area contributed by atoms with Crippen molar-refractivity contribution in [1.82, 2.24) is 10.2 Å². The van der Waals surface area contributed by atoms with Crippen LogP contribution in [0.5, 0.6) is 0 Å². The Bertz CT molecular complexity index is 720. The lowest BCUT2D eigenvalue weighted by molar-refractivity contribution is 0.569. The van der Waals surface area contributed by atoms with E-state index in [1.54, 1.807) is 13.8 Å². The van der Waals surface area contributed by atoms with E-state index < -0.39 is 20.7 Å². The number of hydrogen-bond donors (Lipinski definition) is 3. The van der Waals surface area contributed by atoms with Crippen molar-refractivity contribution in [3.63, 3.8) is 0 Å². The Morgan fingerprint density at radius 1 is 1.40 bits per heavy atom. The van der Waals surface area contributed by atoms with Gasteiger partial charge in [0.15, 0.2) is 0 Å². The summed E-state index contributed by atoms with van der Waals surface area (Å²) in [5, 5.41) is 6.54. The molecule has 0 saturated carbocycles. The minimum absolute atomic E-state index is 0.143. The van der Waals surface area contributed by atoms with Gasteiger partial charge in [0.1, 0.15) is 10.7 Å². The topological polar surface area (TPSA) is 101 Å². The summed E-state index contributed by atoms with van der Waals surface area (Å²) in [5.74, 6) is -0.834. The monoisotopic (exact) mass is 298 g/mol. The highest BCUT2D eigenvalue weighted by atomic mass is 32.2. The number of H-pyrrole nitrogens is 1. The van der Waals surface area contributed by atoms with E-state index in [-0.39, 0.29) is 6.54 Å². The summed E-state index contributed by atoms with van der Waals surface area (Å²) in [6.45, 7) is 3.46. The van der Waals surface area contributed by atoms with Gasteiger partial charge < -0.3 is 5.73 Å². The lowest BCUT2D eigenvalue weighted by Crippen LogP contribution is -2.16. The number of anilines is 1. The number of hydrogen-bond acceptors (Lipinski definition) is 4.